The molecule has 1 saturated heterocycles. The van der Waals surface area contributed by atoms with Gasteiger partial charge in [0.25, 0.3) is 0 Å². The van der Waals surface area contributed by atoms with E-state index >= 15 is 0 Å². The molecule has 3 aromatic rings. The van der Waals surface area contributed by atoms with Gasteiger partial charge in [0.15, 0.2) is 5.15 Å². The van der Waals surface area contributed by atoms with Gasteiger partial charge in [0.05, 0.1) is 35.1 Å². The monoisotopic (exact) mass is 411 g/mol. The molecule has 1 saturated carbocycles. The molecule has 0 unspecified atom stereocenters. The number of piperidine rings is 1. The topological polar surface area (TPSA) is 91.5 Å². The van der Waals surface area contributed by atoms with Crippen molar-refractivity contribution in [1.29, 1.82) is 5.26 Å². The van der Waals surface area contributed by atoms with Gasteiger partial charge in [-0.3, -0.25) is 0 Å². The van der Waals surface area contributed by atoms with E-state index in [0.717, 1.165) is 24.8 Å². The van der Waals surface area contributed by atoms with Gasteiger partial charge >= 0.3 is 0 Å². The summed E-state index contributed by atoms with van der Waals surface area (Å²) in [6, 6.07) is 6.13. The molecule has 0 spiro atoms. The largest absolute Gasteiger partial charge is 0.320 e. The summed E-state index contributed by atoms with van der Waals surface area (Å²) in [5.41, 5.74) is 2.49. The van der Waals surface area contributed by atoms with E-state index in [-0.39, 0.29) is 5.92 Å². The van der Waals surface area contributed by atoms with Crippen LogP contribution in [0.5, 0.6) is 0 Å². The lowest BCUT2D eigenvalue weighted by molar-refractivity contribution is 0.231. The molecule has 148 valence electrons. The van der Waals surface area contributed by atoms with Crippen LogP contribution in [0.3, 0.4) is 0 Å². The van der Waals surface area contributed by atoms with Crippen LogP contribution in [0.2, 0.25) is 5.15 Å². The van der Waals surface area contributed by atoms with Crippen LogP contribution in [0.4, 0.5) is 16.0 Å². The second-order valence-electron chi connectivity index (χ2n) is 7.57. The van der Waals surface area contributed by atoms with Crippen LogP contribution in [0.15, 0.2) is 24.5 Å². The van der Waals surface area contributed by atoms with E-state index in [1.54, 1.807) is 23.1 Å². The van der Waals surface area contributed by atoms with Crippen molar-refractivity contribution in [2.45, 2.75) is 37.4 Å². The fourth-order valence-electron chi connectivity index (χ4n) is 3.86. The summed E-state index contributed by atoms with van der Waals surface area (Å²) >= 11 is 6.41. The quantitative estimate of drug-likeness (QED) is 0.677. The first-order valence-electron chi connectivity index (χ1n) is 9.69. The zero-order valence-corrected chi connectivity index (χ0v) is 16.3. The average molecular weight is 412 g/mol. The Hall–Kier alpha value is -2.76. The van der Waals surface area contributed by atoms with Crippen LogP contribution in [-0.2, 0) is 0 Å². The second kappa shape index (κ2) is 7.25. The van der Waals surface area contributed by atoms with Gasteiger partial charge in [-0.2, -0.15) is 10.4 Å². The molecule has 1 aliphatic carbocycles. The van der Waals surface area contributed by atoms with E-state index in [4.69, 9.17) is 11.6 Å². The highest BCUT2D eigenvalue weighted by molar-refractivity contribution is 6.32. The van der Waals surface area contributed by atoms with Crippen molar-refractivity contribution < 1.29 is 4.39 Å². The van der Waals surface area contributed by atoms with Gasteiger partial charge in [-0.1, -0.05) is 11.6 Å². The van der Waals surface area contributed by atoms with Crippen molar-refractivity contribution in [1.82, 2.24) is 25.1 Å². The lowest BCUT2D eigenvalue weighted by Gasteiger charge is -2.27. The number of nitrogens with one attached hydrogen (secondary N) is 2. The number of benzene rings is 1. The summed E-state index contributed by atoms with van der Waals surface area (Å²) in [6.07, 6.45) is 5.12. The molecule has 0 bridgehead atoms. The number of nitrogens with zero attached hydrogens (tertiary/aromatic N) is 5. The van der Waals surface area contributed by atoms with Crippen molar-refractivity contribution >= 4 is 34.1 Å². The third-order valence-corrected chi connectivity index (χ3v) is 5.93. The number of hydrogen-bond donors (Lipinski definition) is 2. The lowest BCUT2D eigenvalue weighted by Crippen LogP contribution is -2.37. The summed E-state index contributed by atoms with van der Waals surface area (Å²) in [5, 5.41) is 21.3. The fourth-order valence-corrected chi connectivity index (χ4v) is 4.13. The van der Waals surface area contributed by atoms with Crippen LogP contribution >= 0.6 is 11.6 Å². The molecular weight excluding hydrogens is 393 g/mol. The summed E-state index contributed by atoms with van der Waals surface area (Å²) in [7, 11) is 0. The van der Waals surface area contributed by atoms with E-state index in [2.05, 4.69) is 31.8 Å². The molecule has 2 N–H and O–H groups in total. The zero-order valence-electron chi connectivity index (χ0n) is 15.6. The maximum absolute atomic E-state index is 14.5. The highest BCUT2D eigenvalue weighted by Crippen LogP contribution is 2.39. The van der Waals surface area contributed by atoms with Gasteiger partial charge in [-0.15, -0.1) is 0 Å². The molecule has 3 heterocycles. The standard InChI is InChI=1S/C20H19ClFN7/c21-19-18(10-26-29(19)13-1-2-13)28-20-25-8-12-5-11(7-23)15(6-17(12)27-20)14-3-4-24-9-16(14)22/h5-6,8,10,13-14,16,24H,1-4,9H2,(H,25,27,28)/t14-,16+/m1/s1. The van der Waals surface area contributed by atoms with Gasteiger partial charge in [0.2, 0.25) is 5.95 Å². The number of rotatable bonds is 4. The fraction of sp³-hybridized carbons (Fsp3) is 0.400. The van der Waals surface area contributed by atoms with Crippen LogP contribution in [-0.4, -0.2) is 39.0 Å². The summed E-state index contributed by atoms with van der Waals surface area (Å²) in [5.74, 6) is 0.0698. The van der Waals surface area contributed by atoms with Crippen LogP contribution < -0.4 is 10.6 Å². The molecule has 1 aromatic carbocycles. The first kappa shape index (κ1) is 18.3. The Morgan fingerprint density at radius 3 is 2.90 bits per heavy atom. The molecule has 29 heavy (non-hydrogen) atoms. The van der Waals surface area contributed by atoms with Crippen molar-refractivity contribution in [2.24, 2.45) is 0 Å². The number of fused-ring (bicyclic) bond motifs is 1. The van der Waals surface area contributed by atoms with Crippen molar-refractivity contribution in [3.05, 3.63) is 40.8 Å². The maximum Gasteiger partial charge on any atom is 0.227 e. The smallest absolute Gasteiger partial charge is 0.227 e. The minimum absolute atomic E-state index is 0.299. The molecular formula is C20H19ClFN7. The number of nitriles is 1. The Kier molecular flexibility index (Phi) is 4.57. The van der Waals surface area contributed by atoms with Crippen LogP contribution in [0.1, 0.15) is 42.3 Å². The van der Waals surface area contributed by atoms with Gasteiger partial charge in [0.1, 0.15) is 6.17 Å². The highest BCUT2D eigenvalue weighted by atomic mass is 35.5. The molecule has 7 nitrogen and oxygen atoms in total. The van der Waals surface area contributed by atoms with Gasteiger partial charge in [-0.25, -0.2) is 19.0 Å². The van der Waals surface area contributed by atoms with E-state index in [1.165, 1.54) is 0 Å². The summed E-state index contributed by atoms with van der Waals surface area (Å²) in [6.45, 7) is 1.03. The van der Waals surface area contributed by atoms with Crippen molar-refractivity contribution in [3.8, 4) is 6.07 Å². The SMILES string of the molecule is N#Cc1cc2cnc(Nc3cnn(C4CC4)c3Cl)nc2cc1[C@H]1CCNC[C@@H]1F. The molecule has 2 aliphatic rings. The summed E-state index contributed by atoms with van der Waals surface area (Å²) in [4.78, 5) is 8.91. The Bertz CT molecular complexity index is 1120. The Morgan fingerprint density at radius 2 is 2.14 bits per heavy atom. The Labute approximate surface area is 171 Å². The van der Waals surface area contributed by atoms with E-state index in [0.29, 0.717) is 52.4 Å². The number of hydrogen-bond acceptors (Lipinski definition) is 6. The predicted molar refractivity (Wildman–Crippen MR) is 108 cm³/mol. The van der Waals surface area contributed by atoms with Crippen molar-refractivity contribution in [3.63, 3.8) is 0 Å². The normalized spacial score (nSPS) is 21.8. The molecule has 2 aromatic heterocycles. The lowest BCUT2D eigenvalue weighted by atomic mass is 9.85. The molecule has 5 rings (SSSR count). The predicted octanol–water partition coefficient (Wildman–Crippen LogP) is 3.84. The molecule has 0 amide bonds. The number of aromatic nitrogens is 4. The minimum atomic E-state index is -1.03. The third kappa shape index (κ3) is 3.41. The minimum Gasteiger partial charge on any atom is -0.320 e. The van der Waals surface area contributed by atoms with Gasteiger partial charge < -0.3 is 10.6 Å². The van der Waals surface area contributed by atoms with Crippen LogP contribution in [0, 0.1) is 11.3 Å². The molecule has 2 fully saturated rings. The third-order valence-electron chi connectivity index (χ3n) is 5.55. The van der Waals surface area contributed by atoms with Gasteiger partial charge in [0, 0.05) is 24.0 Å². The first-order valence-corrected chi connectivity index (χ1v) is 10.1. The van der Waals surface area contributed by atoms with Crippen molar-refractivity contribution in [2.75, 3.05) is 18.4 Å². The maximum atomic E-state index is 14.5. The Balaban J connectivity index is 1.50. The van der Waals surface area contributed by atoms with E-state index in [9.17, 15) is 9.65 Å². The van der Waals surface area contributed by atoms with Gasteiger partial charge in [-0.05, 0) is 43.5 Å². The number of alkyl halides is 1. The summed E-state index contributed by atoms with van der Waals surface area (Å²) < 4.78 is 16.3. The van der Waals surface area contributed by atoms with E-state index < -0.39 is 6.17 Å². The average Bonchev–Trinajstić information content (AvgIpc) is 3.51. The highest BCUT2D eigenvalue weighted by Gasteiger charge is 2.29. The molecule has 9 heteroatoms. The molecule has 1 aliphatic heterocycles. The van der Waals surface area contributed by atoms with Crippen LogP contribution in [0.25, 0.3) is 10.9 Å². The molecule has 0 radical (unpaired) electrons. The number of anilines is 2. The molecule has 2 atom stereocenters. The van der Waals surface area contributed by atoms with E-state index in [1.807, 2.05) is 6.07 Å². The zero-order chi connectivity index (χ0) is 20.0. The first-order chi connectivity index (χ1) is 14.1. The Morgan fingerprint density at radius 1 is 1.28 bits per heavy atom. The second-order valence-corrected chi connectivity index (χ2v) is 7.93. The number of halogens is 2.